The molecule has 0 bridgehead atoms. The van der Waals surface area contributed by atoms with Gasteiger partial charge in [-0.1, -0.05) is 55.5 Å². The molecule has 2 N–H and O–H groups in total. The van der Waals surface area contributed by atoms with Crippen molar-refractivity contribution in [2.45, 2.75) is 124 Å². The summed E-state index contributed by atoms with van der Waals surface area (Å²) in [4.78, 5) is 56.2. The molecule has 0 aromatic heterocycles. The number of nitrogens with one attached hydrogen (secondary N) is 2. The van der Waals surface area contributed by atoms with E-state index in [2.05, 4.69) is 10.6 Å². The van der Waals surface area contributed by atoms with E-state index in [1.165, 1.54) is 4.90 Å². The molecular weight excluding hydrogens is 558 g/mol. The first kappa shape index (κ1) is 36.3. The molecule has 9 nitrogen and oxygen atoms in total. The second-order valence-electron chi connectivity index (χ2n) is 13.4. The summed E-state index contributed by atoms with van der Waals surface area (Å²) in [7, 11) is 0. The third-order valence-electron chi connectivity index (χ3n) is 7.06. The largest absolute Gasteiger partial charge is 0.458 e. The van der Waals surface area contributed by atoms with Crippen molar-refractivity contribution in [2.75, 3.05) is 0 Å². The van der Waals surface area contributed by atoms with Gasteiger partial charge in [0.25, 0.3) is 0 Å². The molecule has 0 heterocycles. The quantitative estimate of drug-likeness (QED) is 0.304. The number of ether oxygens (including phenoxy) is 2. The van der Waals surface area contributed by atoms with Gasteiger partial charge in [-0.25, -0.2) is 9.59 Å². The van der Waals surface area contributed by atoms with Crippen molar-refractivity contribution in [1.82, 2.24) is 15.5 Å². The van der Waals surface area contributed by atoms with Gasteiger partial charge in [0.15, 0.2) is 0 Å². The Bertz CT molecular complexity index is 1280. The molecule has 44 heavy (non-hydrogen) atoms. The fraction of sp³-hybridized carbons (Fsp3) is 0.543. The Morgan fingerprint density at radius 1 is 0.795 bits per heavy atom. The SMILES string of the molecule is CCC(C)N(C(=O)C(C)NC(=O)OC(C)(C)C)C(C(=O)NC(Cc1ccccc1)C(=O)OC(C)(C)C)c1c(C)cccc1C. The Labute approximate surface area is 263 Å². The second-order valence-corrected chi connectivity index (χ2v) is 13.4. The lowest BCUT2D eigenvalue weighted by Gasteiger charge is -2.39. The molecule has 4 unspecified atom stereocenters. The van der Waals surface area contributed by atoms with E-state index in [9.17, 15) is 19.2 Å². The van der Waals surface area contributed by atoms with E-state index in [1.807, 2.05) is 76.2 Å². The van der Waals surface area contributed by atoms with Gasteiger partial charge in [-0.2, -0.15) is 0 Å². The number of carbonyl (C=O) groups excluding carboxylic acids is 4. The minimum Gasteiger partial charge on any atom is -0.458 e. The van der Waals surface area contributed by atoms with E-state index in [1.54, 1.807) is 48.5 Å². The highest BCUT2D eigenvalue weighted by molar-refractivity contribution is 5.94. The number of benzene rings is 2. The van der Waals surface area contributed by atoms with Crippen LogP contribution in [-0.2, 0) is 30.3 Å². The zero-order chi connectivity index (χ0) is 33.4. The van der Waals surface area contributed by atoms with E-state index in [0.717, 1.165) is 16.7 Å². The predicted molar refractivity (Wildman–Crippen MR) is 172 cm³/mol. The number of alkyl carbamates (subject to hydrolysis) is 1. The molecule has 2 rings (SSSR count). The summed E-state index contributed by atoms with van der Waals surface area (Å²) in [5.41, 5.74) is 1.61. The number of nitrogens with zero attached hydrogens (tertiary/aromatic N) is 1. The lowest BCUT2D eigenvalue weighted by atomic mass is 9.92. The maximum Gasteiger partial charge on any atom is 0.408 e. The summed E-state index contributed by atoms with van der Waals surface area (Å²) >= 11 is 0. The molecule has 4 atom stereocenters. The fourth-order valence-corrected chi connectivity index (χ4v) is 4.89. The lowest BCUT2D eigenvalue weighted by Crippen LogP contribution is -2.56. The number of hydrogen-bond acceptors (Lipinski definition) is 6. The van der Waals surface area contributed by atoms with Crippen molar-refractivity contribution < 1.29 is 28.7 Å². The van der Waals surface area contributed by atoms with Gasteiger partial charge in [-0.05, 0) is 97.9 Å². The minimum atomic E-state index is -1.10. The topological polar surface area (TPSA) is 114 Å². The molecular formula is C35H51N3O6. The maximum atomic E-state index is 14.5. The third kappa shape index (κ3) is 10.7. The molecule has 9 heteroatoms. The van der Waals surface area contributed by atoms with Gasteiger partial charge in [-0.3, -0.25) is 9.59 Å². The molecule has 2 aromatic rings. The van der Waals surface area contributed by atoms with Crippen LogP contribution in [0.25, 0.3) is 0 Å². The molecule has 2 aromatic carbocycles. The summed E-state index contributed by atoms with van der Waals surface area (Å²) in [5, 5.41) is 5.58. The van der Waals surface area contributed by atoms with E-state index >= 15 is 0 Å². The summed E-state index contributed by atoms with van der Waals surface area (Å²) in [6.45, 7) is 19.7. The standard InChI is InChI=1S/C35H51N3O6/c1-12-24(4)38(31(40)25(5)36-33(42)44-35(9,10)11)29(28-22(2)17-16-18-23(28)3)30(39)37-27(32(41)43-34(6,7)8)21-26-19-14-13-15-20-26/h13-20,24-25,27,29H,12,21H2,1-11H3,(H,36,42)(H,37,39). The average molecular weight is 610 g/mol. The lowest BCUT2D eigenvalue weighted by molar-refractivity contribution is -0.159. The molecule has 0 fully saturated rings. The number of rotatable bonds is 11. The summed E-state index contributed by atoms with van der Waals surface area (Å²) < 4.78 is 11.1. The molecule has 0 spiro atoms. The van der Waals surface area contributed by atoms with Crippen LogP contribution in [0.5, 0.6) is 0 Å². The van der Waals surface area contributed by atoms with Gasteiger partial charge < -0.3 is 25.0 Å². The summed E-state index contributed by atoms with van der Waals surface area (Å²) in [6, 6.07) is 11.5. The number of aryl methyl sites for hydroxylation is 2. The molecule has 0 radical (unpaired) electrons. The highest BCUT2D eigenvalue weighted by Gasteiger charge is 2.40. The zero-order valence-corrected chi connectivity index (χ0v) is 28.2. The van der Waals surface area contributed by atoms with Crippen LogP contribution in [0.4, 0.5) is 4.79 Å². The van der Waals surface area contributed by atoms with Gasteiger partial charge in [0.05, 0.1) is 0 Å². The van der Waals surface area contributed by atoms with Crippen LogP contribution in [0.1, 0.15) is 97.0 Å². The van der Waals surface area contributed by atoms with E-state index < -0.39 is 59.2 Å². The van der Waals surface area contributed by atoms with Crippen LogP contribution in [0.2, 0.25) is 0 Å². The molecule has 3 amide bonds. The van der Waals surface area contributed by atoms with Crippen LogP contribution in [-0.4, -0.2) is 58.1 Å². The van der Waals surface area contributed by atoms with Crippen molar-refractivity contribution in [3.05, 3.63) is 70.8 Å². The molecule has 242 valence electrons. The van der Waals surface area contributed by atoms with Gasteiger partial charge in [-0.15, -0.1) is 0 Å². The number of esters is 1. The van der Waals surface area contributed by atoms with Crippen LogP contribution in [0, 0.1) is 13.8 Å². The van der Waals surface area contributed by atoms with Crippen molar-refractivity contribution in [3.8, 4) is 0 Å². The van der Waals surface area contributed by atoms with Gasteiger partial charge >= 0.3 is 12.1 Å². The van der Waals surface area contributed by atoms with Crippen LogP contribution in [0.15, 0.2) is 48.5 Å². The Morgan fingerprint density at radius 2 is 1.34 bits per heavy atom. The zero-order valence-electron chi connectivity index (χ0n) is 28.2. The van der Waals surface area contributed by atoms with Crippen molar-refractivity contribution >= 4 is 23.9 Å². The van der Waals surface area contributed by atoms with E-state index in [-0.39, 0.29) is 6.42 Å². The van der Waals surface area contributed by atoms with Crippen molar-refractivity contribution in [1.29, 1.82) is 0 Å². The van der Waals surface area contributed by atoms with E-state index in [4.69, 9.17) is 9.47 Å². The Hall–Kier alpha value is -3.88. The van der Waals surface area contributed by atoms with Crippen LogP contribution in [0.3, 0.4) is 0 Å². The Morgan fingerprint density at radius 3 is 1.84 bits per heavy atom. The number of amides is 3. The number of hydrogen-bond donors (Lipinski definition) is 2. The Balaban J connectivity index is 2.61. The second kappa shape index (κ2) is 15.2. The highest BCUT2D eigenvalue weighted by atomic mass is 16.6. The monoisotopic (exact) mass is 609 g/mol. The van der Waals surface area contributed by atoms with Crippen LogP contribution < -0.4 is 10.6 Å². The Kier molecular flexibility index (Phi) is 12.6. The third-order valence-corrected chi connectivity index (χ3v) is 7.06. The normalized spacial score (nSPS) is 14.4. The molecule has 0 aliphatic carbocycles. The first-order chi connectivity index (χ1) is 20.3. The predicted octanol–water partition coefficient (Wildman–Crippen LogP) is 5.95. The maximum absolute atomic E-state index is 14.5. The van der Waals surface area contributed by atoms with Gasteiger partial charge in [0.2, 0.25) is 11.8 Å². The van der Waals surface area contributed by atoms with E-state index in [0.29, 0.717) is 12.0 Å². The van der Waals surface area contributed by atoms with Gasteiger partial charge in [0, 0.05) is 12.5 Å². The molecule has 0 saturated carbocycles. The molecule has 0 aliphatic heterocycles. The smallest absolute Gasteiger partial charge is 0.408 e. The number of carbonyl (C=O) groups is 4. The van der Waals surface area contributed by atoms with Crippen molar-refractivity contribution in [2.24, 2.45) is 0 Å². The minimum absolute atomic E-state index is 0.203. The fourth-order valence-electron chi connectivity index (χ4n) is 4.89. The highest BCUT2D eigenvalue weighted by Crippen LogP contribution is 2.31. The molecule has 0 saturated heterocycles. The van der Waals surface area contributed by atoms with Gasteiger partial charge in [0.1, 0.15) is 29.3 Å². The van der Waals surface area contributed by atoms with Crippen LogP contribution >= 0.6 is 0 Å². The summed E-state index contributed by atoms with van der Waals surface area (Å²) in [5.74, 6) is -1.55. The summed E-state index contributed by atoms with van der Waals surface area (Å²) in [6.07, 6.45) is 0.0110. The molecule has 0 aliphatic rings. The average Bonchev–Trinajstić information content (AvgIpc) is 2.89. The first-order valence-electron chi connectivity index (χ1n) is 15.3. The van der Waals surface area contributed by atoms with Crippen molar-refractivity contribution in [3.63, 3.8) is 0 Å². The first-order valence-corrected chi connectivity index (χ1v) is 15.3.